The summed E-state index contributed by atoms with van der Waals surface area (Å²) in [5.41, 5.74) is 8.15. The molecule has 5 heteroatoms. The molecule has 5 nitrogen and oxygen atoms in total. The third-order valence-corrected chi connectivity index (χ3v) is 4.51. The largest absolute Gasteiger partial charge is 0.398 e. The highest BCUT2D eigenvalue weighted by Gasteiger charge is 2.30. The second-order valence-electron chi connectivity index (χ2n) is 6.01. The van der Waals surface area contributed by atoms with Gasteiger partial charge in [0.25, 0.3) is 0 Å². The van der Waals surface area contributed by atoms with Crippen LogP contribution in [0.5, 0.6) is 0 Å². The summed E-state index contributed by atoms with van der Waals surface area (Å²) >= 11 is 0. The van der Waals surface area contributed by atoms with Gasteiger partial charge >= 0.3 is 0 Å². The number of aliphatic hydroxyl groups is 1. The van der Waals surface area contributed by atoms with E-state index in [1.165, 1.54) is 0 Å². The van der Waals surface area contributed by atoms with Crippen molar-refractivity contribution in [3.05, 3.63) is 23.8 Å². The molecule has 4 N–H and O–H groups in total. The molecule has 3 atom stereocenters. The Morgan fingerprint density at radius 2 is 2.24 bits per heavy atom. The van der Waals surface area contributed by atoms with Crippen LogP contribution in [-0.4, -0.2) is 41.1 Å². The molecule has 1 heterocycles. The summed E-state index contributed by atoms with van der Waals surface area (Å²) in [6, 6.07) is 5.22. The van der Waals surface area contributed by atoms with Gasteiger partial charge in [-0.3, -0.25) is 9.69 Å². The summed E-state index contributed by atoms with van der Waals surface area (Å²) in [6.45, 7) is 7.19. The number of carbonyl (C=O) groups excluding carboxylic acids is 1. The molecular formula is C16H25N3O2. The van der Waals surface area contributed by atoms with Crippen molar-refractivity contribution in [3.63, 3.8) is 0 Å². The summed E-state index contributed by atoms with van der Waals surface area (Å²) in [7, 11) is 0. The standard InChI is InChI=1S/C16H25N3O2/c1-10-7-8-19(9-15(10)20)12(3)16(21)18-14-6-4-5-13(17)11(14)2/h4-6,10,12,15,20H,7-9,17H2,1-3H3,(H,18,21). The van der Waals surface area contributed by atoms with Crippen molar-refractivity contribution in [3.8, 4) is 0 Å². The predicted molar refractivity (Wildman–Crippen MR) is 85.0 cm³/mol. The van der Waals surface area contributed by atoms with Crippen molar-refractivity contribution in [2.75, 3.05) is 24.1 Å². The first-order valence-electron chi connectivity index (χ1n) is 7.48. The number of amides is 1. The van der Waals surface area contributed by atoms with Gasteiger partial charge in [0.2, 0.25) is 5.91 Å². The van der Waals surface area contributed by atoms with Crippen LogP contribution in [0.2, 0.25) is 0 Å². The zero-order valence-corrected chi connectivity index (χ0v) is 13.0. The number of hydrogen-bond acceptors (Lipinski definition) is 4. The van der Waals surface area contributed by atoms with Gasteiger partial charge in [-0.25, -0.2) is 0 Å². The topological polar surface area (TPSA) is 78.6 Å². The number of β-amino-alcohol motifs (C(OH)–C–C–N with tert-alkyl or cyclic N) is 1. The number of piperidine rings is 1. The van der Waals surface area contributed by atoms with Crippen molar-refractivity contribution in [1.29, 1.82) is 0 Å². The van der Waals surface area contributed by atoms with E-state index in [0.29, 0.717) is 18.2 Å². The summed E-state index contributed by atoms with van der Waals surface area (Å²) in [5.74, 6) is 0.234. The van der Waals surface area contributed by atoms with E-state index in [9.17, 15) is 9.90 Å². The van der Waals surface area contributed by atoms with E-state index in [1.807, 2.05) is 43.9 Å². The number of carbonyl (C=O) groups is 1. The summed E-state index contributed by atoms with van der Waals surface area (Å²) in [6.07, 6.45) is 0.555. The number of likely N-dealkylation sites (tertiary alicyclic amines) is 1. The average Bonchev–Trinajstić information content (AvgIpc) is 2.46. The fourth-order valence-corrected chi connectivity index (χ4v) is 2.62. The fraction of sp³-hybridized carbons (Fsp3) is 0.562. The number of nitrogens with one attached hydrogen (secondary N) is 1. The molecule has 1 aromatic rings. The average molecular weight is 291 g/mol. The highest BCUT2D eigenvalue weighted by Crippen LogP contribution is 2.22. The predicted octanol–water partition coefficient (Wildman–Crippen LogP) is 1.61. The SMILES string of the molecule is Cc1c(N)cccc1NC(=O)C(C)N1CCC(C)C(O)C1. The molecule has 2 rings (SSSR count). The summed E-state index contributed by atoms with van der Waals surface area (Å²) in [4.78, 5) is 14.4. The minimum atomic E-state index is -0.358. The molecule has 0 radical (unpaired) electrons. The molecule has 1 aromatic carbocycles. The number of nitrogen functional groups attached to an aromatic ring is 1. The van der Waals surface area contributed by atoms with E-state index in [2.05, 4.69) is 5.32 Å². The van der Waals surface area contributed by atoms with Crippen molar-refractivity contribution < 1.29 is 9.90 Å². The third-order valence-electron chi connectivity index (χ3n) is 4.51. The lowest BCUT2D eigenvalue weighted by Crippen LogP contribution is -2.50. The van der Waals surface area contributed by atoms with Crippen molar-refractivity contribution in [2.45, 2.75) is 39.3 Å². The van der Waals surface area contributed by atoms with Gasteiger partial charge in [-0.2, -0.15) is 0 Å². The van der Waals surface area contributed by atoms with Crippen molar-refractivity contribution in [2.24, 2.45) is 5.92 Å². The van der Waals surface area contributed by atoms with Crippen LogP contribution in [0.25, 0.3) is 0 Å². The molecule has 0 aromatic heterocycles. The van der Waals surface area contributed by atoms with Gasteiger partial charge in [0.15, 0.2) is 0 Å². The maximum Gasteiger partial charge on any atom is 0.241 e. The monoisotopic (exact) mass is 291 g/mol. The second kappa shape index (κ2) is 6.45. The van der Waals surface area contributed by atoms with Gasteiger partial charge in [0.1, 0.15) is 0 Å². The Morgan fingerprint density at radius 3 is 2.90 bits per heavy atom. The molecular weight excluding hydrogens is 266 g/mol. The Morgan fingerprint density at radius 1 is 1.52 bits per heavy atom. The minimum Gasteiger partial charge on any atom is -0.398 e. The van der Waals surface area contributed by atoms with E-state index < -0.39 is 0 Å². The normalized spacial score (nSPS) is 24.6. The van der Waals surface area contributed by atoms with Crippen molar-refractivity contribution >= 4 is 17.3 Å². The molecule has 3 unspecified atom stereocenters. The third kappa shape index (κ3) is 3.54. The highest BCUT2D eigenvalue weighted by atomic mass is 16.3. The van der Waals surface area contributed by atoms with Gasteiger partial charge in [-0.15, -0.1) is 0 Å². The molecule has 0 bridgehead atoms. The molecule has 0 aliphatic carbocycles. The second-order valence-corrected chi connectivity index (χ2v) is 6.01. The Bertz CT molecular complexity index is 518. The molecule has 0 saturated carbocycles. The van der Waals surface area contributed by atoms with Gasteiger partial charge in [0.05, 0.1) is 12.1 Å². The van der Waals surface area contributed by atoms with Crippen LogP contribution >= 0.6 is 0 Å². The van der Waals surface area contributed by atoms with E-state index in [4.69, 9.17) is 5.73 Å². The van der Waals surface area contributed by atoms with E-state index in [0.717, 1.165) is 24.2 Å². The zero-order valence-electron chi connectivity index (χ0n) is 13.0. The van der Waals surface area contributed by atoms with E-state index >= 15 is 0 Å². The number of nitrogens with zero attached hydrogens (tertiary/aromatic N) is 1. The zero-order chi connectivity index (χ0) is 15.6. The van der Waals surface area contributed by atoms with Crippen LogP contribution in [-0.2, 0) is 4.79 Å². The highest BCUT2D eigenvalue weighted by molar-refractivity contribution is 5.95. The smallest absolute Gasteiger partial charge is 0.241 e. The van der Waals surface area contributed by atoms with Crippen LogP contribution in [0.3, 0.4) is 0 Å². The Hall–Kier alpha value is -1.59. The van der Waals surface area contributed by atoms with Crippen molar-refractivity contribution in [1.82, 2.24) is 4.90 Å². The lowest BCUT2D eigenvalue weighted by atomic mass is 9.95. The van der Waals surface area contributed by atoms with Crippen LogP contribution in [0.4, 0.5) is 11.4 Å². The minimum absolute atomic E-state index is 0.0644. The Kier molecular flexibility index (Phi) is 4.85. The lowest BCUT2D eigenvalue weighted by Gasteiger charge is -2.37. The molecule has 21 heavy (non-hydrogen) atoms. The molecule has 116 valence electrons. The van der Waals surface area contributed by atoms with Gasteiger partial charge in [0, 0.05) is 17.9 Å². The summed E-state index contributed by atoms with van der Waals surface area (Å²) in [5, 5.41) is 12.9. The fourth-order valence-electron chi connectivity index (χ4n) is 2.62. The van der Waals surface area contributed by atoms with E-state index in [-0.39, 0.29) is 18.1 Å². The van der Waals surface area contributed by atoms with Gasteiger partial charge < -0.3 is 16.2 Å². The van der Waals surface area contributed by atoms with E-state index in [1.54, 1.807) is 0 Å². The number of anilines is 2. The first-order valence-corrected chi connectivity index (χ1v) is 7.48. The van der Waals surface area contributed by atoms with Crippen LogP contribution in [0.1, 0.15) is 25.8 Å². The number of aliphatic hydroxyl groups excluding tert-OH is 1. The molecule has 1 fully saturated rings. The molecule has 1 saturated heterocycles. The van der Waals surface area contributed by atoms with Crippen LogP contribution in [0, 0.1) is 12.8 Å². The molecule has 1 amide bonds. The molecule has 1 aliphatic rings. The van der Waals surface area contributed by atoms with Crippen LogP contribution in [0.15, 0.2) is 18.2 Å². The number of benzene rings is 1. The number of hydrogen-bond donors (Lipinski definition) is 3. The van der Waals surface area contributed by atoms with Crippen LogP contribution < -0.4 is 11.1 Å². The first-order chi connectivity index (χ1) is 9.90. The quantitative estimate of drug-likeness (QED) is 0.739. The molecule has 1 aliphatic heterocycles. The lowest BCUT2D eigenvalue weighted by molar-refractivity contribution is -0.122. The Labute approximate surface area is 126 Å². The first kappa shape index (κ1) is 15.8. The Balaban J connectivity index is 2.01. The van der Waals surface area contributed by atoms with Gasteiger partial charge in [-0.05, 0) is 50.4 Å². The molecule has 0 spiro atoms. The van der Waals surface area contributed by atoms with Gasteiger partial charge in [-0.1, -0.05) is 13.0 Å². The number of rotatable bonds is 3. The maximum atomic E-state index is 12.4. The number of nitrogens with two attached hydrogens (primary N) is 1. The summed E-state index contributed by atoms with van der Waals surface area (Å²) < 4.78 is 0. The maximum absolute atomic E-state index is 12.4.